The second kappa shape index (κ2) is 6.55. The predicted octanol–water partition coefficient (Wildman–Crippen LogP) is 3.48. The quantitative estimate of drug-likeness (QED) is 0.727. The Morgan fingerprint density at radius 2 is 1.92 bits per heavy atom. The molecule has 0 fully saturated rings. The number of methoxy groups -OCH3 is 1. The van der Waals surface area contributed by atoms with Gasteiger partial charge >= 0.3 is 0 Å². The van der Waals surface area contributed by atoms with Gasteiger partial charge in [-0.2, -0.15) is 14.8 Å². The standard InChI is InChI=1S/C20H19N5O/c1-13-8-9-15(10-14(13)2)18-19(25-20(24-18)22-12-23-25)21-11-16-6-4-5-7-17(16)26-3/h4-10,12H,11H2,1-3H3. The van der Waals surface area contributed by atoms with Crippen LogP contribution in [0, 0.1) is 13.8 Å². The normalized spacial score (nSPS) is 14.4. The molecule has 2 heterocycles. The zero-order valence-corrected chi connectivity index (χ0v) is 15.0. The molecule has 1 aromatic heterocycles. The highest BCUT2D eigenvalue weighted by atomic mass is 16.5. The van der Waals surface area contributed by atoms with Gasteiger partial charge in [-0.3, -0.25) is 4.99 Å². The molecule has 6 heteroatoms. The van der Waals surface area contributed by atoms with Crippen LogP contribution < -0.4 is 4.74 Å². The van der Waals surface area contributed by atoms with Gasteiger partial charge in [0, 0.05) is 11.1 Å². The van der Waals surface area contributed by atoms with Gasteiger partial charge in [-0.25, -0.2) is 4.99 Å². The molecule has 0 bridgehead atoms. The van der Waals surface area contributed by atoms with Gasteiger partial charge in [-0.15, -0.1) is 0 Å². The third-order valence-corrected chi connectivity index (χ3v) is 4.53. The van der Waals surface area contributed by atoms with Crippen molar-refractivity contribution in [2.24, 2.45) is 9.98 Å². The van der Waals surface area contributed by atoms with Crippen molar-refractivity contribution in [3.05, 3.63) is 71.0 Å². The number of aromatic nitrogens is 3. The predicted molar refractivity (Wildman–Crippen MR) is 102 cm³/mol. The summed E-state index contributed by atoms with van der Waals surface area (Å²) in [6.45, 7) is 4.66. The highest BCUT2D eigenvalue weighted by Gasteiger charge is 2.25. The Morgan fingerprint density at radius 1 is 1.08 bits per heavy atom. The molecular formula is C20H19N5O. The molecule has 6 nitrogen and oxygen atoms in total. The second-order valence-electron chi connectivity index (χ2n) is 6.18. The molecule has 4 rings (SSSR count). The van der Waals surface area contributed by atoms with Crippen LogP contribution in [0.4, 0.5) is 5.95 Å². The molecule has 0 aliphatic carbocycles. The van der Waals surface area contributed by atoms with E-state index in [1.807, 2.05) is 24.3 Å². The van der Waals surface area contributed by atoms with Crippen LogP contribution >= 0.6 is 0 Å². The number of benzene rings is 2. The van der Waals surface area contributed by atoms with Gasteiger partial charge in [-0.05, 0) is 37.1 Å². The first-order valence-electron chi connectivity index (χ1n) is 8.41. The van der Waals surface area contributed by atoms with Crippen LogP contribution in [0.3, 0.4) is 0 Å². The number of ether oxygens (including phenoxy) is 1. The molecule has 1 aliphatic rings. The van der Waals surface area contributed by atoms with Crippen molar-refractivity contribution in [3.63, 3.8) is 0 Å². The number of aryl methyl sites for hydroxylation is 2. The number of rotatable bonds is 4. The van der Waals surface area contributed by atoms with Crippen LogP contribution in [0.25, 0.3) is 0 Å². The zero-order chi connectivity index (χ0) is 18.1. The van der Waals surface area contributed by atoms with E-state index < -0.39 is 0 Å². The van der Waals surface area contributed by atoms with E-state index in [2.05, 4.69) is 47.1 Å². The fraction of sp³-hybridized carbons (Fsp3) is 0.200. The van der Waals surface area contributed by atoms with Gasteiger partial charge in [0.2, 0.25) is 0 Å². The lowest BCUT2D eigenvalue weighted by atomic mass is 10.0. The molecule has 0 saturated carbocycles. The molecule has 3 aromatic rings. The van der Waals surface area contributed by atoms with Crippen LogP contribution in [-0.4, -0.2) is 33.4 Å². The summed E-state index contributed by atoms with van der Waals surface area (Å²) < 4.78 is 7.10. The Morgan fingerprint density at radius 3 is 2.73 bits per heavy atom. The summed E-state index contributed by atoms with van der Waals surface area (Å²) in [7, 11) is 1.67. The SMILES string of the molecule is COc1ccccc1CN=C1C(c2ccc(C)c(C)c2)=Nc2ncnn21. The van der Waals surface area contributed by atoms with Crippen LogP contribution in [0.2, 0.25) is 0 Å². The third kappa shape index (κ3) is 2.79. The lowest BCUT2D eigenvalue weighted by molar-refractivity contribution is 0.410. The maximum atomic E-state index is 5.42. The van der Waals surface area contributed by atoms with Crippen molar-refractivity contribution >= 4 is 17.5 Å². The summed E-state index contributed by atoms with van der Waals surface area (Å²) in [6.07, 6.45) is 1.49. The summed E-state index contributed by atoms with van der Waals surface area (Å²) in [4.78, 5) is 13.6. The van der Waals surface area contributed by atoms with E-state index in [9.17, 15) is 0 Å². The van der Waals surface area contributed by atoms with Gasteiger partial charge in [0.15, 0.2) is 5.84 Å². The lowest BCUT2D eigenvalue weighted by Crippen LogP contribution is -2.20. The lowest BCUT2D eigenvalue weighted by Gasteiger charge is -2.09. The van der Waals surface area contributed by atoms with Crippen molar-refractivity contribution in [2.75, 3.05) is 7.11 Å². The molecule has 0 unspecified atom stereocenters. The maximum Gasteiger partial charge on any atom is 0.254 e. The second-order valence-corrected chi connectivity index (χ2v) is 6.18. The average molecular weight is 345 g/mol. The Bertz CT molecular complexity index is 1030. The van der Waals surface area contributed by atoms with Crippen LogP contribution in [0.5, 0.6) is 5.75 Å². The number of hydrogen-bond donors (Lipinski definition) is 0. The molecule has 130 valence electrons. The molecular weight excluding hydrogens is 326 g/mol. The van der Waals surface area contributed by atoms with Crippen LogP contribution in [0.1, 0.15) is 22.3 Å². The minimum absolute atomic E-state index is 0.475. The molecule has 0 saturated heterocycles. The van der Waals surface area contributed by atoms with E-state index >= 15 is 0 Å². The zero-order valence-electron chi connectivity index (χ0n) is 15.0. The third-order valence-electron chi connectivity index (χ3n) is 4.53. The first-order chi connectivity index (χ1) is 12.7. The van der Waals surface area contributed by atoms with E-state index in [1.165, 1.54) is 17.5 Å². The van der Waals surface area contributed by atoms with Crippen LogP contribution in [-0.2, 0) is 6.54 Å². The maximum absolute atomic E-state index is 5.42. The Labute approximate surface area is 151 Å². The van der Waals surface area contributed by atoms with Gasteiger partial charge < -0.3 is 4.74 Å². The monoisotopic (exact) mass is 345 g/mol. The number of fused-ring (bicyclic) bond motifs is 1. The Hall–Kier alpha value is -3.28. The summed E-state index contributed by atoms with van der Waals surface area (Å²) in [6, 6.07) is 14.1. The van der Waals surface area contributed by atoms with Crippen molar-refractivity contribution < 1.29 is 4.74 Å². The molecule has 2 aromatic carbocycles. The summed E-state index contributed by atoms with van der Waals surface area (Å²) in [5.74, 6) is 2.07. The molecule has 26 heavy (non-hydrogen) atoms. The fourth-order valence-electron chi connectivity index (χ4n) is 2.93. The van der Waals surface area contributed by atoms with Crippen LogP contribution in [0.15, 0.2) is 58.8 Å². The molecule has 0 radical (unpaired) electrons. The average Bonchev–Trinajstić information content (AvgIpc) is 3.24. The summed E-state index contributed by atoms with van der Waals surface area (Å²) in [5.41, 5.74) is 5.27. The summed E-state index contributed by atoms with van der Waals surface area (Å²) in [5, 5.41) is 4.28. The number of nitrogens with zero attached hydrogens (tertiary/aromatic N) is 5. The minimum Gasteiger partial charge on any atom is -0.496 e. The molecule has 0 spiro atoms. The molecule has 1 aliphatic heterocycles. The smallest absolute Gasteiger partial charge is 0.254 e. The molecule has 0 atom stereocenters. The number of hydrogen-bond acceptors (Lipinski definition) is 5. The van der Waals surface area contributed by atoms with Gasteiger partial charge in [-0.1, -0.05) is 30.3 Å². The van der Waals surface area contributed by atoms with Gasteiger partial charge in [0.05, 0.1) is 13.7 Å². The van der Waals surface area contributed by atoms with Crippen molar-refractivity contribution in [2.45, 2.75) is 20.4 Å². The van der Waals surface area contributed by atoms with E-state index in [0.29, 0.717) is 18.3 Å². The highest BCUT2D eigenvalue weighted by molar-refractivity contribution is 6.50. The largest absolute Gasteiger partial charge is 0.496 e. The van der Waals surface area contributed by atoms with Gasteiger partial charge in [0.1, 0.15) is 17.8 Å². The van der Waals surface area contributed by atoms with Gasteiger partial charge in [0.25, 0.3) is 5.95 Å². The van der Waals surface area contributed by atoms with Crippen molar-refractivity contribution in [3.8, 4) is 5.75 Å². The van der Waals surface area contributed by atoms with E-state index in [0.717, 1.165) is 22.6 Å². The first-order valence-corrected chi connectivity index (χ1v) is 8.41. The first kappa shape index (κ1) is 16.2. The molecule has 0 amide bonds. The fourth-order valence-corrected chi connectivity index (χ4v) is 2.93. The van der Waals surface area contributed by atoms with E-state index in [4.69, 9.17) is 9.73 Å². The minimum atomic E-state index is 0.475. The van der Waals surface area contributed by atoms with E-state index in [1.54, 1.807) is 11.8 Å². The summed E-state index contributed by atoms with van der Waals surface area (Å²) >= 11 is 0. The van der Waals surface area contributed by atoms with E-state index in [-0.39, 0.29) is 0 Å². The highest BCUT2D eigenvalue weighted by Crippen LogP contribution is 2.23. The Kier molecular flexibility index (Phi) is 4.08. The number of para-hydroxylation sites is 1. The topological polar surface area (TPSA) is 64.7 Å². The Balaban J connectivity index is 1.74. The van der Waals surface area contributed by atoms with Crippen molar-refractivity contribution in [1.29, 1.82) is 0 Å². The molecule has 0 N–H and O–H groups in total. The number of aliphatic imine (C=N–C) groups is 2. The van der Waals surface area contributed by atoms with Crippen molar-refractivity contribution in [1.82, 2.24) is 14.8 Å².